The molecule has 3 aliphatic heterocycles. The van der Waals surface area contributed by atoms with E-state index in [4.69, 9.17) is 37.3 Å². The van der Waals surface area contributed by atoms with Crippen LogP contribution >= 0.6 is 7.75 Å². The molecule has 1 N–H and O–H groups in total. The minimum absolute atomic E-state index is 0.126. The summed E-state index contributed by atoms with van der Waals surface area (Å²) in [4.78, 5) is 38.9. The third-order valence-electron chi connectivity index (χ3n) is 6.57. The summed E-state index contributed by atoms with van der Waals surface area (Å²) in [7, 11) is -4.10. The average Bonchev–Trinajstić information content (AvgIpc) is 3.33. The number of esters is 1. The summed E-state index contributed by atoms with van der Waals surface area (Å²) < 4.78 is 60.3. The third-order valence-corrected chi connectivity index (χ3v) is 8.19. The lowest BCUT2D eigenvalue weighted by molar-refractivity contribution is -0.204. The normalized spacial score (nSPS) is 30.0. The number of fused-ring (bicyclic) bond motifs is 1. The van der Waals surface area contributed by atoms with Gasteiger partial charge in [0.05, 0.1) is 25.8 Å². The Morgan fingerprint density at radius 1 is 1.07 bits per heavy atom. The summed E-state index contributed by atoms with van der Waals surface area (Å²) in [5, 5.41) is 2.64. The average molecular weight is 612 g/mol. The highest BCUT2D eigenvalue weighted by Crippen LogP contribution is 2.50. The molecule has 42 heavy (non-hydrogen) atoms. The molecule has 0 saturated carbocycles. The van der Waals surface area contributed by atoms with Gasteiger partial charge in [0.25, 0.3) is 0 Å². The second kappa shape index (κ2) is 12.6. The first-order valence-corrected chi connectivity index (χ1v) is 15.2. The van der Waals surface area contributed by atoms with Gasteiger partial charge in [-0.3, -0.25) is 23.8 Å². The fraction of sp³-hybridized carbons (Fsp3) is 0.654. The topological polar surface area (TPSA) is 157 Å². The fourth-order valence-electron chi connectivity index (χ4n) is 4.81. The van der Waals surface area contributed by atoms with E-state index in [1.54, 1.807) is 72.0 Å². The van der Waals surface area contributed by atoms with Gasteiger partial charge < -0.3 is 32.8 Å². The number of nitrogens with one attached hydrogen (secondary N) is 1. The lowest BCUT2D eigenvalue weighted by atomic mass is 9.76. The molecular formula is C26H38BN2O12P. The first-order chi connectivity index (χ1) is 19.6. The lowest BCUT2D eigenvalue weighted by Crippen LogP contribution is -2.52. The van der Waals surface area contributed by atoms with Crippen LogP contribution < -0.4 is 9.61 Å². The number of nitrogens with zero attached hydrogens (tertiary/aromatic N) is 1. The van der Waals surface area contributed by atoms with Crippen molar-refractivity contribution in [3.63, 3.8) is 0 Å². The SMILES string of the molecule is CC(C)OC(=O)[C@H](C)N[P@](=O)(OC[C@@]1(C)O[C@@H](B2OC(=O)CN(C)CC(=O)O2)[C@@H]2OC(C)(C)O[C@@H]21)Oc1ccccc1. The molecule has 0 spiro atoms. The van der Waals surface area contributed by atoms with Gasteiger partial charge in [-0.05, 0) is 60.7 Å². The molecule has 0 unspecified atom stereocenters. The summed E-state index contributed by atoms with van der Waals surface area (Å²) in [5.41, 5.74) is -1.36. The molecule has 3 heterocycles. The van der Waals surface area contributed by atoms with E-state index in [1.807, 2.05) is 0 Å². The Morgan fingerprint density at radius 2 is 1.69 bits per heavy atom. The lowest BCUT2D eigenvalue weighted by Gasteiger charge is -2.33. The van der Waals surface area contributed by atoms with Crippen LogP contribution in [0.15, 0.2) is 30.3 Å². The minimum atomic E-state index is -4.25. The van der Waals surface area contributed by atoms with Crippen LogP contribution in [-0.4, -0.2) is 98.4 Å². The zero-order chi connectivity index (χ0) is 30.9. The second-order valence-electron chi connectivity index (χ2n) is 11.4. The van der Waals surface area contributed by atoms with Crippen molar-refractivity contribution in [1.82, 2.24) is 9.99 Å². The van der Waals surface area contributed by atoms with Crippen LogP contribution in [0.4, 0.5) is 0 Å². The maximum Gasteiger partial charge on any atom is 0.632 e. The Kier molecular flexibility index (Phi) is 9.73. The highest BCUT2D eigenvalue weighted by atomic mass is 31.2. The first-order valence-electron chi connectivity index (χ1n) is 13.7. The molecule has 0 radical (unpaired) electrons. The van der Waals surface area contributed by atoms with Crippen LogP contribution in [-0.2, 0) is 51.7 Å². The van der Waals surface area contributed by atoms with Crippen molar-refractivity contribution >= 4 is 32.8 Å². The van der Waals surface area contributed by atoms with E-state index in [9.17, 15) is 18.9 Å². The molecule has 0 aromatic heterocycles. The van der Waals surface area contributed by atoms with E-state index in [1.165, 1.54) is 11.8 Å². The Morgan fingerprint density at radius 3 is 2.29 bits per heavy atom. The Labute approximate surface area is 245 Å². The molecular weight excluding hydrogens is 574 g/mol. The number of hydrogen-bond donors (Lipinski definition) is 1. The van der Waals surface area contributed by atoms with Crippen molar-refractivity contribution in [2.45, 2.75) is 83.3 Å². The molecule has 232 valence electrons. The zero-order valence-corrected chi connectivity index (χ0v) is 25.7. The van der Waals surface area contributed by atoms with Gasteiger partial charge in [0.1, 0.15) is 29.6 Å². The van der Waals surface area contributed by atoms with Crippen molar-refractivity contribution in [3.8, 4) is 5.75 Å². The van der Waals surface area contributed by atoms with E-state index in [-0.39, 0.29) is 25.4 Å². The summed E-state index contributed by atoms with van der Waals surface area (Å²) >= 11 is 0. The van der Waals surface area contributed by atoms with Crippen LogP contribution in [0.25, 0.3) is 0 Å². The van der Waals surface area contributed by atoms with E-state index in [2.05, 4.69) is 5.09 Å². The monoisotopic (exact) mass is 612 g/mol. The van der Waals surface area contributed by atoms with Gasteiger partial charge in [-0.1, -0.05) is 18.2 Å². The Balaban J connectivity index is 1.57. The van der Waals surface area contributed by atoms with Crippen molar-refractivity contribution in [2.75, 3.05) is 26.7 Å². The van der Waals surface area contributed by atoms with Gasteiger partial charge in [-0.2, -0.15) is 5.09 Å². The van der Waals surface area contributed by atoms with Gasteiger partial charge in [-0.25, -0.2) is 4.57 Å². The molecule has 1 aromatic rings. The van der Waals surface area contributed by atoms with Crippen molar-refractivity contribution in [2.24, 2.45) is 0 Å². The minimum Gasteiger partial charge on any atom is -0.496 e. The maximum atomic E-state index is 14.1. The molecule has 4 rings (SSSR count). The maximum absolute atomic E-state index is 14.1. The summed E-state index contributed by atoms with van der Waals surface area (Å²) in [5.74, 6) is -2.74. The van der Waals surface area contributed by atoms with Crippen molar-refractivity contribution < 1.29 is 56.3 Å². The molecule has 16 heteroatoms. The number of carbonyl (C=O) groups excluding carboxylic acids is 3. The molecule has 3 aliphatic rings. The van der Waals surface area contributed by atoms with Crippen LogP contribution in [0.5, 0.6) is 5.75 Å². The summed E-state index contributed by atoms with van der Waals surface area (Å²) in [6.45, 7) is 9.26. The molecule has 3 fully saturated rings. The van der Waals surface area contributed by atoms with E-state index in [0.717, 1.165) is 0 Å². The molecule has 0 bridgehead atoms. The molecule has 3 saturated heterocycles. The fourth-order valence-corrected chi connectivity index (χ4v) is 6.39. The number of likely N-dealkylation sites (N-methyl/N-ethyl adjacent to an activating group) is 1. The Hall–Kier alpha value is -2.52. The number of hydrogen-bond acceptors (Lipinski definition) is 13. The number of ether oxygens (including phenoxy) is 4. The van der Waals surface area contributed by atoms with Crippen molar-refractivity contribution in [1.29, 1.82) is 0 Å². The van der Waals surface area contributed by atoms with Crippen LogP contribution in [0.3, 0.4) is 0 Å². The van der Waals surface area contributed by atoms with Gasteiger partial charge in [0.15, 0.2) is 11.8 Å². The Bertz CT molecular complexity index is 1180. The predicted molar refractivity (Wildman–Crippen MR) is 147 cm³/mol. The quantitative estimate of drug-likeness (QED) is 0.232. The first kappa shape index (κ1) is 32.4. The van der Waals surface area contributed by atoms with E-state index < -0.39 is 74.5 Å². The van der Waals surface area contributed by atoms with Gasteiger partial charge in [-0.15, -0.1) is 0 Å². The number of carbonyl (C=O) groups is 3. The molecule has 14 nitrogen and oxygen atoms in total. The predicted octanol–water partition coefficient (Wildman–Crippen LogP) is 1.86. The molecule has 1 aromatic carbocycles. The van der Waals surface area contributed by atoms with Crippen LogP contribution in [0.1, 0.15) is 41.5 Å². The second-order valence-corrected chi connectivity index (χ2v) is 13.1. The summed E-state index contributed by atoms with van der Waals surface area (Å²) in [6.07, 6.45) is -2.06. The van der Waals surface area contributed by atoms with Gasteiger partial charge in [0.2, 0.25) is 0 Å². The smallest absolute Gasteiger partial charge is 0.496 e. The van der Waals surface area contributed by atoms with E-state index in [0.29, 0.717) is 0 Å². The largest absolute Gasteiger partial charge is 0.632 e. The van der Waals surface area contributed by atoms with Crippen LogP contribution in [0.2, 0.25) is 0 Å². The van der Waals surface area contributed by atoms with Gasteiger partial charge >= 0.3 is 32.8 Å². The zero-order valence-electron chi connectivity index (χ0n) is 24.8. The molecule has 0 aliphatic carbocycles. The number of benzene rings is 1. The molecule has 6 atom stereocenters. The van der Waals surface area contributed by atoms with Gasteiger partial charge in [0, 0.05) is 0 Å². The van der Waals surface area contributed by atoms with Crippen LogP contribution in [0, 0.1) is 0 Å². The summed E-state index contributed by atoms with van der Waals surface area (Å²) in [6, 6.07) is 6.15. The highest BCUT2D eigenvalue weighted by Gasteiger charge is 2.66. The highest BCUT2D eigenvalue weighted by molar-refractivity contribution is 7.52. The third kappa shape index (κ3) is 7.90. The number of para-hydroxylation sites is 1. The van der Waals surface area contributed by atoms with Crippen molar-refractivity contribution in [3.05, 3.63) is 30.3 Å². The standard InChI is InChI=1S/C26H38BN2O12P/c1-16(2)35-24(32)17(3)28-42(33,41-18-11-9-8-10-12-18)34-15-26(6)22-21(36-25(4,5)37-22)23(38-26)27-39-19(30)13-29(7)14-20(31)40-27/h8-12,16-17,21-23H,13-15H2,1-7H3,(H,28,33)/t17-,21+,22-,23+,26+,42-/m0/s1. The molecule has 0 amide bonds. The number of rotatable bonds is 10. The van der Waals surface area contributed by atoms with E-state index >= 15 is 0 Å².